The largest absolute Gasteiger partial charge is 0.393 e. The highest BCUT2D eigenvalue weighted by Gasteiger charge is 2.43. The fourth-order valence-corrected chi connectivity index (χ4v) is 4.22. The molecule has 0 aromatic heterocycles. The van der Waals surface area contributed by atoms with Crippen LogP contribution in [0.5, 0.6) is 0 Å². The number of aliphatic hydroxyl groups excluding tert-OH is 9. The quantitative estimate of drug-likeness (QED) is 0.114. The Labute approximate surface area is 204 Å². The third-order valence-electron chi connectivity index (χ3n) is 6.73. The number of hydrogen-bond donors (Lipinski definition) is 9. The first-order chi connectivity index (χ1) is 16.4. The van der Waals surface area contributed by atoms with Crippen molar-refractivity contribution in [3.63, 3.8) is 0 Å². The average Bonchev–Trinajstić information content (AvgIpc) is 2.82. The Kier molecular flexibility index (Phi) is 12.2. The molecular formula is C22H42O13. The van der Waals surface area contributed by atoms with Gasteiger partial charge >= 0.3 is 0 Å². The second-order valence-electron chi connectivity index (χ2n) is 9.55. The molecule has 0 spiro atoms. The van der Waals surface area contributed by atoms with Gasteiger partial charge in [-0.25, -0.2) is 0 Å². The molecule has 0 aliphatic carbocycles. The predicted molar refractivity (Wildman–Crippen MR) is 118 cm³/mol. The summed E-state index contributed by atoms with van der Waals surface area (Å²) in [7, 11) is 0. The zero-order valence-electron chi connectivity index (χ0n) is 20.3. The fourth-order valence-electron chi connectivity index (χ4n) is 4.22. The minimum absolute atomic E-state index is 0.0279. The first-order valence-electron chi connectivity index (χ1n) is 12.0. The first-order valence-corrected chi connectivity index (χ1v) is 12.0. The number of hydrogen-bond acceptors (Lipinski definition) is 13. The van der Waals surface area contributed by atoms with E-state index in [1.165, 1.54) is 13.8 Å². The lowest BCUT2D eigenvalue weighted by atomic mass is 9.91. The van der Waals surface area contributed by atoms with Crippen LogP contribution in [0.2, 0.25) is 0 Å². The minimum Gasteiger partial charge on any atom is -0.393 e. The second-order valence-corrected chi connectivity index (χ2v) is 9.55. The third kappa shape index (κ3) is 7.98. The Hall–Kier alpha value is -0.520. The lowest BCUT2D eigenvalue weighted by Crippen LogP contribution is -2.58. The van der Waals surface area contributed by atoms with Gasteiger partial charge in [0.2, 0.25) is 0 Å². The monoisotopic (exact) mass is 514 g/mol. The zero-order valence-corrected chi connectivity index (χ0v) is 20.3. The smallest absolute Gasteiger partial charge is 0.186 e. The summed E-state index contributed by atoms with van der Waals surface area (Å²) in [6.45, 7) is 4.19. The van der Waals surface area contributed by atoms with Crippen LogP contribution >= 0.6 is 0 Å². The molecule has 0 saturated carbocycles. The van der Waals surface area contributed by atoms with Gasteiger partial charge in [-0.15, -0.1) is 0 Å². The summed E-state index contributed by atoms with van der Waals surface area (Å²) in [5.74, 6) is -0.874. The Morgan fingerprint density at radius 3 is 1.94 bits per heavy atom. The number of rotatable bonds is 12. The molecule has 2 saturated heterocycles. The van der Waals surface area contributed by atoms with Gasteiger partial charge in [0, 0.05) is 12.5 Å². The van der Waals surface area contributed by atoms with Gasteiger partial charge in [-0.3, -0.25) is 0 Å². The van der Waals surface area contributed by atoms with Crippen LogP contribution < -0.4 is 0 Å². The molecule has 14 atom stereocenters. The maximum Gasteiger partial charge on any atom is 0.186 e. The van der Waals surface area contributed by atoms with Crippen molar-refractivity contribution in [3.8, 4) is 0 Å². The van der Waals surface area contributed by atoms with E-state index in [-0.39, 0.29) is 32.7 Å². The highest BCUT2D eigenvalue weighted by atomic mass is 16.7. The lowest BCUT2D eigenvalue weighted by molar-refractivity contribution is -0.293. The van der Waals surface area contributed by atoms with Crippen molar-refractivity contribution in [2.75, 3.05) is 19.8 Å². The molecule has 0 aromatic rings. The highest BCUT2D eigenvalue weighted by molar-refractivity contribution is 4.91. The van der Waals surface area contributed by atoms with Crippen LogP contribution in [-0.4, -0.2) is 145 Å². The molecule has 13 nitrogen and oxygen atoms in total. The van der Waals surface area contributed by atoms with Gasteiger partial charge in [0.15, 0.2) is 6.29 Å². The van der Waals surface area contributed by atoms with Gasteiger partial charge < -0.3 is 64.9 Å². The molecule has 0 radical (unpaired) electrons. The molecule has 2 aliphatic heterocycles. The predicted octanol–water partition coefficient (Wildman–Crippen LogP) is -3.78. The summed E-state index contributed by atoms with van der Waals surface area (Å²) in [6, 6.07) is 0. The average molecular weight is 515 g/mol. The normalized spacial score (nSPS) is 41.8. The number of ether oxygens (including phenoxy) is 4. The van der Waals surface area contributed by atoms with Crippen LogP contribution in [0.3, 0.4) is 0 Å². The van der Waals surface area contributed by atoms with Gasteiger partial charge in [-0.05, 0) is 33.6 Å². The van der Waals surface area contributed by atoms with E-state index < -0.39 is 85.5 Å². The molecule has 2 rings (SSSR count). The van der Waals surface area contributed by atoms with E-state index in [0.717, 1.165) is 0 Å². The van der Waals surface area contributed by atoms with Gasteiger partial charge in [-0.1, -0.05) is 0 Å². The number of aliphatic hydroxyl groups is 9. The molecule has 0 aromatic carbocycles. The molecule has 13 heteroatoms. The van der Waals surface area contributed by atoms with Crippen molar-refractivity contribution in [3.05, 3.63) is 0 Å². The van der Waals surface area contributed by atoms with E-state index in [1.807, 2.05) is 0 Å². The Balaban J connectivity index is 1.76. The fraction of sp³-hybridized carbons (Fsp3) is 1.00. The van der Waals surface area contributed by atoms with E-state index >= 15 is 0 Å². The summed E-state index contributed by atoms with van der Waals surface area (Å²) in [5.41, 5.74) is 0. The second kappa shape index (κ2) is 13.9. The van der Waals surface area contributed by atoms with Crippen molar-refractivity contribution in [2.24, 2.45) is 5.92 Å². The standard InChI is InChI=1S/C22H42O13/c1-9(23)12(7-32-8-14-18(28)19(29)15(25)10(2)34-14)17(27)13(24)5-4-6-33-22-21(31)20(30)16(26)11(3)35-22/h9-31H,4-8H2,1-3H3. The minimum atomic E-state index is -1.44. The molecule has 2 aliphatic rings. The van der Waals surface area contributed by atoms with Crippen LogP contribution in [0.15, 0.2) is 0 Å². The molecule has 14 unspecified atom stereocenters. The Morgan fingerprint density at radius 1 is 0.771 bits per heavy atom. The van der Waals surface area contributed by atoms with Crippen LogP contribution in [-0.2, 0) is 18.9 Å². The van der Waals surface area contributed by atoms with Crippen molar-refractivity contribution in [1.82, 2.24) is 0 Å². The van der Waals surface area contributed by atoms with Gasteiger partial charge in [-0.2, -0.15) is 0 Å². The van der Waals surface area contributed by atoms with Crippen molar-refractivity contribution in [1.29, 1.82) is 0 Å². The van der Waals surface area contributed by atoms with Crippen LogP contribution in [0, 0.1) is 5.92 Å². The van der Waals surface area contributed by atoms with Crippen LogP contribution in [0.25, 0.3) is 0 Å². The summed E-state index contributed by atoms with van der Waals surface area (Å²) in [4.78, 5) is 0. The SMILES string of the molecule is CC(O)C(COCC1OC(C)C(O)C(O)C1O)C(O)C(O)CCCOC1OC(C)C(O)C(O)C1O. The van der Waals surface area contributed by atoms with E-state index in [2.05, 4.69) is 0 Å². The summed E-state index contributed by atoms with van der Waals surface area (Å²) in [5, 5.41) is 90.1. The van der Waals surface area contributed by atoms with Crippen molar-refractivity contribution in [2.45, 2.75) is 113 Å². The summed E-state index contributed by atoms with van der Waals surface area (Å²) in [6.07, 6.45) is -14.9. The van der Waals surface area contributed by atoms with Crippen LogP contribution in [0.1, 0.15) is 33.6 Å². The molecular weight excluding hydrogens is 472 g/mol. The van der Waals surface area contributed by atoms with Gasteiger partial charge in [0.25, 0.3) is 0 Å². The van der Waals surface area contributed by atoms with Gasteiger partial charge in [0.05, 0.1) is 43.7 Å². The van der Waals surface area contributed by atoms with Gasteiger partial charge in [0.1, 0.15) is 42.7 Å². The highest BCUT2D eigenvalue weighted by Crippen LogP contribution is 2.24. The van der Waals surface area contributed by atoms with E-state index in [9.17, 15) is 46.0 Å². The molecule has 9 N–H and O–H groups in total. The van der Waals surface area contributed by atoms with E-state index in [0.29, 0.717) is 0 Å². The zero-order chi connectivity index (χ0) is 26.4. The molecule has 2 heterocycles. The Morgan fingerprint density at radius 2 is 1.34 bits per heavy atom. The van der Waals surface area contributed by atoms with E-state index in [1.54, 1.807) is 6.92 Å². The topological polar surface area (TPSA) is 219 Å². The molecule has 35 heavy (non-hydrogen) atoms. The molecule has 208 valence electrons. The molecule has 0 amide bonds. The van der Waals surface area contributed by atoms with Crippen LogP contribution in [0.4, 0.5) is 0 Å². The maximum atomic E-state index is 10.5. The third-order valence-corrected chi connectivity index (χ3v) is 6.73. The summed E-state index contributed by atoms with van der Waals surface area (Å²) < 4.78 is 21.7. The van der Waals surface area contributed by atoms with E-state index in [4.69, 9.17) is 18.9 Å². The molecule has 0 bridgehead atoms. The maximum absolute atomic E-state index is 10.5. The van der Waals surface area contributed by atoms with Crippen molar-refractivity contribution >= 4 is 0 Å². The first kappa shape index (κ1) is 30.7. The summed E-state index contributed by atoms with van der Waals surface area (Å²) >= 11 is 0. The molecule has 2 fully saturated rings. The Bertz CT molecular complexity index is 610. The van der Waals surface area contributed by atoms with Crippen molar-refractivity contribution < 1.29 is 64.9 Å². The lowest BCUT2D eigenvalue weighted by Gasteiger charge is -2.39.